The van der Waals surface area contributed by atoms with Gasteiger partial charge < -0.3 is 5.73 Å². The summed E-state index contributed by atoms with van der Waals surface area (Å²) in [5.74, 6) is -0.443. The second kappa shape index (κ2) is 16.8. The summed E-state index contributed by atoms with van der Waals surface area (Å²) < 4.78 is 0. The van der Waals surface area contributed by atoms with Crippen LogP contribution in [0.2, 0.25) is 5.02 Å². The number of rotatable bonds is 4. The monoisotopic (exact) mass is 575 g/mol. The van der Waals surface area contributed by atoms with Crippen LogP contribution in [0.5, 0.6) is 0 Å². The van der Waals surface area contributed by atoms with Gasteiger partial charge in [-0.15, -0.1) is 0 Å². The van der Waals surface area contributed by atoms with Crippen molar-refractivity contribution in [2.75, 3.05) is 17.7 Å². The number of nitrogens with zero attached hydrogens (tertiary/aromatic N) is 2. The molecule has 9 heteroatoms. The third-order valence-electron chi connectivity index (χ3n) is 5.26. The molecule has 0 unspecified atom stereocenters. The Hall–Kier alpha value is -3.04. The van der Waals surface area contributed by atoms with Crippen LogP contribution in [0.15, 0.2) is 43.0 Å². The number of nitrogens with two attached hydrogens (primary N) is 1. The molecule has 0 fully saturated rings. The first-order valence-electron chi connectivity index (χ1n) is 12.4. The summed E-state index contributed by atoms with van der Waals surface area (Å²) in [6, 6.07) is 11.9. The highest BCUT2D eigenvalue weighted by molar-refractivity contribution is 7.17. The molecule has 3 aromatic rings. The number of amides is 1. The van der Waals surface area contributed by atoms with Crippen molar-refractivity contribution in [3.05, 3.63) is 80.8 Å². The molecule has 0 spiro atoms. The largest absolute Gasteiger partial charge is 0.398 e. The van der Waals surface area contributed by atoms with Gasteiger partial charge in [0.25, 0.3) is 5.91 Å². The smallest absolute Gasteiger partial charge is 0.262 e. The van der Waals surface area contributed by atoms with Crippen LogP contribution in [-0.4, -0.2) is 34.2 Å². The number of hydrogen-bond acceptors (Lipinski definition) is 7. The zero-order valence-corrected chi connectivity index (χ0v) is 26.0. The standard InChI is InChI=1S/C16H16ClN3O2S.C11H16.C3H8.H2O2/c1-5-10-12(18)7-6-11(17)13(10)15(22)20(4)16-19-8(2)14(23-16)9(3)21;1-9-5-7-10(8-6-9)11(2,3)4;1-3-2;1-2/h5-7H,1,18H2,2-4H3;5-8H,1-4H3;3H2,1-2H3;1-2H. The van der Waals surface area contributed by atoms with E-state index in [9.17, 15) is 9.59 Å². The third kappa shape index (κ3) is 10.6. The predicted octanol–water partition coefficient (Wildman–Crippen LogP) is 8.54. The summed E-state index contributed by atoms with van der Waals surface area (Å²) in [6.45, 7) is 20.0. The van der Waals surface area contributed by atoms with Gasteiger partial charge in [0, 0.05) is 25.2 Å². The molecule has 7 nitrogen and oxygen atoms in total. The van der Waals surface area contributed by atoms with Crippen LogP contribution in [0.1, 0.15) is 90.4 Å². The van der Waals surface area contributed by atoms with E-state index in [1.807, 2.05) is 0 Å². The molecule has 0 radical (unpaired) electrons. The van der Waals surface area contributed by atoms with Crippen LogP contribution in [0, 0.1) is 13.8 Å². The molecule has 4 N–H and O–H groups in total. The van der Waals surface area contributed by atoms with Crippen molar-refractivity contribution in [2.24, 2.45) is 0 Å². The number of Topliss-reactive ketones (excluding diaryl/α,β-unsaturated/α-hetero) is 1. The van der Waals surface area contributed by atoms with E-state index in [0.717, 1.165) is 0 Å². The zero-order chi connectivity index (χ0) is 30.5. The van der Waals surface area contributed by atoms with Crippen molar-refractivity contribution >= 4 is 51.5 Å². The van der Waals surface area contributed by atoms with Crippen LogP contribution in [-0.2, 0) is 5.41 Å². The molecule has 2 aromatic carbocycles. The van der Waals surface area contributed by atoms with Crippen molar-refractivity contribution in [2.45, 2.75) is 67.2 Å². The van der Waals surface area contributed by atoms with Crippen LogP contribution in [0.3, 0.4) is 0 Å². The molecule has 1 heterocycles. The molecule has 1 aromatic heterocycles. The highest BCUT2D eigenvalue weighted by Gasteiger charge is 2.24. The van der Waals surface area contributed by atoms with Gasteiger partial charge in [-0.25, -0.2) is 4.98 Å². The number of halogens is 1. The molecular formula is C30H42ClN3O4S. The quantitative estimate of drug-likeness (QED) is 0.124. The van der Waals surface area contributed by atoms with Crippen LogP contribution >= 0.6 is 22.9 Å². The Morgan fingerprint density at radius 1 is 1.10 bits per heavy atom. The number of anilines is 2. The predicted molar refractivity (Wildman–Crippen MR) is 167 cm³/mol. The van der Waals surface area contributed by atoms with Gasteiger partial charge in [0.1, 0.15) is 0 Å². The molecule has 0 bridgehead atoms. The fourth-order valence-corrected chi connectivity index (χ4v) is 4.37. The Kier molecular flexibility index (Phi) is 15.5. The minimum absolute atomic E-state index is 0.0825. The molecule has 0 aliphatic heterocycles. The topological polar surface area (TPSA) is 117 Å². The first-order chi connectivity index (χ1) is 18.2. The normalized spacial score (nSPS) is 10.1. The lowest BCUT2D eigenvalue weighted by molar-refractivity contribution is -0.176. The highest BCUT2D eigenvalue weighted by atomic mass is 35.5. The van der Waals surface area contributed by atoms with E-state index in [2.05, 4.69) is 77.4 Å². The van der Waals surface area contributed by atoms with Gasteiger partial charge in [-0.1, -0.05) is 106 Å². The number of aryl methyl sites for hydroxylation is 2. The van der Waals surface area contributed by atoms with E-state index < -0.39 is 0 Å². The van der Waals surface area contributed by atoms with E-state index in [4.69, 9.17) is 27.8 Å². The Morgan fingerprint density at radius 3 is 2.03 bits per heavy atom. The maximum absolute atomic E-state index is 12.8. The molecule has 0 saturated carbocycles. The fourth-order valence-electron chi connectivity index (χ4n) is 3.21. The van der Waals surface area contributed by atoms with Crippen LogP contribution in [0.25, 0.3) is 6.08 Å². The first kappa shape index (κ1) is 36.0. The maximum atomic E-state index is 12.8. The second-order valence-electron chi connectivity index (χ2n) is 9.78. The third-order valence-corrected chi connectivity index (χ3v) is 6.91. The number of hydrogen-bond donors (Lipinski definition) is 3. The van der Waals surface area contributed by atoms with E-state index in [0.29, 0.717) is 27.0 Å². The number of carbonyl (C=O) groups is 2. The van der Waals surface area contributed by atoms with Crippen molar-refractivity contribution in [1.29, 1.82) is 0 Å². The number of thiazole rings is 1. The Labute approximate surface area is 241 Å². The lowest BCUT2D eigenvalue weighted by atomic mass is 9.87. The van der Waals surface area contributed by atoms with Crippen LogP contribution < -0.4 is 10.6 Å². The second-order valence-corrected chi connectivity index (χ2v) is 11.2. The molecule has 3 rings (SSSR count). The average molecular weight is 576 g/mol. The summed E-state index contributed by atoms with van der Waals surface area (Å²) in [7, 11) is 1.58. The summed E-state index contributed by atoms with van der Waals surface area (Å²) in [6.07, 6.45) is 2.75. The number of aromatic nitrogens is 1. The van der Waals surface area contributed by atoms with Gasteiger partial charge in [-0.05, 0) is 37.0 Å². The molecular weight excluding hydrogens is 534 g/mol. The average Bonchev–Trinajstić information content (AvgIpc) is 3.28. The van der Waals surface area contributed by atoms with Crippen LogP contribution in [0.4, 0.5) is 10.8 Å². The van der Waals surface area contributed by atoms with Crippen molar-refractivity contribution in [1.82, 2.24) is 4.98 Å². The van der Waals surface area contributed by atoms with Crippen molar-refractivity contribution in [3.8, 4) is 0 Å². The van der Waals surface area contributed by atoms with Gasteiger partial charge in [-0.3, -0.25) is 25.0 Å². The number of benzene rings is 2. The first-order valence-corrected chi connectivity index (χ1v) is 13.6. The molecule has 0 atom stereocenters. The minimum Gasteiger partial charge on any atom is -0.398 e. The lowest BCUT2D eigenvalue weighted by Gasteiger charge is -2.18. The summed E-state index contributed by atoms with van der Waals surface area (Å²) in [5.41, 5.74) is 10.7. The fraction of sp³-hybridized carbons (Fsp3) is 0.367. The number of ketones is 1. The minimum atomic E-state index is -0.360. The van der Waals surface area contributed by atoms with Crippen molar-refractivity contribution < 1.29 is 20.1 Å². The van der Waals surface area contributed by atoms with E-state index >= 15 is 0 Å². The van der Waals surface area contributed by atoms with Gasteiger partial charge in [-0.2, -0.15) is 0 Å². The van der Waals surface area contributed by atoms with Gasteiger partial charge in [0.15, 0.2) is 10.9 Å². The van der Waals surface area contributed by atoms with E-state index in [1.165, 1.54) is 46.8 Å². The highest BCUT2D eigenvalue weighted by Crippen LogP contribution is 2.31. The Morgan fingerprint density at radius 2 is 1.62 bits per heavy atom. The molecule has 214 valence electrons. The summed E-state index contributed by atoms with van der Waals surface area (Å²) in [4.78, 5) is 30.5. The molecule has 0 aliphatic carbocycles. The van der Waals surface area contributed by atoms with E-state index in [-0.39, 0.29) is 27.7 Å². The Balaban J connectivity index is 0.000000751. The summed E-state index contributed by atoms with van der Waals surface area (Å²) in [5, 5.41) is 12.7. The maximum Gasteiger partial charge on any atom is 0.262 e. The lowest BCUT2D eigenvalue weighted by Crippen LogP contribution is -2.27. The SMILES string of the molecule is C=Cc1c(N)ccc(Cl)c1C(=O)N(C)c1nc(C)c(C(C)=O)s1.CCC.Cc1ccc(C(C)(C)C)cc1.OO. The van der Waals surface area contributed by atoms with Gasteiger partial charge >= 0.3 is 0 Å². The number of nitrogen functional groups attached to an aromatic ring is 1. The molecule has 0 aliphatic rings. The van der Waals surface area contributed by atoms with Crippen molar-refractivity contribution in [3.63, 3.8) is 0 Å². The Bertz CT molecular complexity index is 1230. The van der Waals surface area contributed by atoms with E-state index in [1.54, 1.807) is 26.1 Å². The molecule has 0 saturated heterocycles. The molecule has 1 amide bonds. The summed E-state index contributed by atoms with van der Waals surface area (Å²) >= 11 is 7.34. The van der Waals surface area contributed by atoms with Gasteiger partial charge in [0.05, 0.1) is 21.2 Å². The zero-order valence-electron chi connectivity index (χ0n) is 24.4. The van der Waals surface area contributed by atoms with Gasteiger partial charge in [0.2, 0.25) is 0 Å². The molecule has 39 heavy (non-hydrogen) atoms. The number of carbonyl (C=O) groups excluding carboxylic acids is 2.